The number of pyridine rings is 1. The Morgan fingerprint density at radius 3 is 2.32 bits per heavy atom. The fourth-order valence-corrected chi connectivity index (χ4v) is 3.49. The molecule has 0 saturated carbocycles. The summed E-state index contributed by atoms with van der Waals surface area (Å²) in [7, 11) is 0. The van der Waals surface area contributed by atoms with E-state index < -0.39 is 0 Å². The monoisotopic (exact) mass is 405 g/mol. The number of hydrogen-bond acceptors (Lipinski definition) is 4. The fraction of sp³-hybridized carbons (Fsp3) is 0.0385. The predicted octanol–water partition coefficient (Wildman–Crippen LogP) is 6.12. The van der Waals surface area contributed by atoms with Crippen LogP contribution < -0.4 is 5.32 Å². The van der Waals surface area contributed by atoms with Crippen molar-refractivity contribution in [2.24, 2.45) is 0 Å². The largest absolute Gasteiger partial charge is 0.338 e. The van der Waals surface area contributed by atoms with Gasteiger partial charge in [0.15, 0.2) is 0 Å². The maximum atomic E-state index is 13.2. The summed E-state index contributed by atoms with van der Waals surface area (Å²) in [6, 6.07) is 28.9. The maximum Gasteiger partial charge on any atom is 0.258 e. The highest BCUT2D eigenvalue weighted by molar-refractivity contribution is 6.12. The van der Waals surface area contributed by atoms with Gasteiger partial charge >= 0.3 is 0 Å². The number of aromatic nitrogens is 2. The lowest BCUT2D eigenvalue weighted by Gasteiger charge is -2.09. The van der Waals surface area contributed by atoms with Crippen molar-refractivity contribution in [1.82, 2.24) is 10.1 Å². The molecule has 0 radical (unpaired) electrons. The second-order valence-electron chi connectivity index (χ2n) is 7.33. The van der Waals surface area contributed by atoms with Crippen molar-refractivity contribution in [1.29, 1.82) is 0 Å². The Morgan fingerprint density at radius 1 is 0.806 bits per heavy atom. The average Bonchev–Trinajstić information content (AvgIpc) is 3.27. The van der Waals surface area contributed by atoms with Crippen LogP contribution in [0.3, 0.4) is 0 Å². The van der Waals surface area contributed by atoms with Crippen molar-refractivity contribution in [2.75, 3.05) is 5.32 Å². The van der Waals surface area contributed by atoms with Gasteiger partial charge in [-0.15, -0.1) is 0 Å². The number of anilines is 1. The van der Waals surface area contributed by atoms with Crippen molar-refractivity contribution in [3.8, 4) is 22.5 Å². The molecule has 0 aliphatic heterocycles. The third-order valence-electron chi connectivity index (χ3n) is 5.12. The maximum absolute atomic E-state index is 13.2. The zero-order valence-corrected chi connectivity index (χ0v) is 16.9. The van der Waals surface area contributed by atoms with E-state index in [0.717, 1.165) is 27.7 Å². The van der Waals surface area contributed by atoms with Gasteiger partial charge < -0.3 is 4.52 Å². The van der Waals surface area contributed by atoms with Crippen molar-refractivity contribution >= 4 is 22.7 Å². The molecule has 150 valence electrons. The second-order valence-corrected chi connectivity index (χ2v) is 7.33. The van der Waals surface area contributed by atoms with E-state index in [0.29, 0.717) is 17.1 Å². The van der Waals surface area contributed by atoms with Gasteiger partial charge in [0.2, 0.25) is 5.88 Å². The Labute approximate surface area is 179 Å². The van der Waals surface area contributed by atoms with Gasteiger partial charge in [-0.25, -0.2) is 4.98 Å². The molecule has 5 rings (SSSR count). The Morgan fingerprint density at radius 2 is 1.52 bits per heavy atom. The summed E-state index contributed by atoms with van der Waals surface area (Å²) in [6.45, 7) is 2.03. The topological polar surface area (TPSA) is 68.0 Å². The van der Waals surface area contributed by atoms with Gasteiger partial charge in [-0.05, 0) is 19.1 Å². The molecule has 0 saturated heterocycles. The number of para-hydroxylation sites is 1. The Balaban J connectivity index is 1.49. The molecule has 5 nitrogen and oxygen atoms in total. The molecule has 5 aromatic rings. The molecule has 1 amide bonds. The van der Waals surface area contributed by atoms with Gasteiger partial charge in [0.25, 0.3) is 5.91 Å². The molecule has 2 heterocycles. The average molecular weight is 405 g/mol. The van der Waals surface area contributed by atoms with Crippen molar-refractivity contribution in [3.63, 3.8) is 0 Å². The summed E-state index contributed by atoms with van der Waals surface area (Å²) in [6.07, 6.45) is 0. The smallest absolute Gasteiger partial charge is 0.258 e. The van der Waals surface area contributed by atoms with E-state index in [1.54, 1.807) is 6.07 Å². The first kappa shape index (κ1) is 18.8. The minimum Gasteiger partial charge on any atom is -0.338 e. The van der Waals surface area contributed by atoms with E-state index in [4.69, 9.17) is 9.51 Å². The minimum absolute atomic E-state index is 0.276. The minimum atomic E-state index is -0.276. The quantitative estimate of drug-likeness (QED) is 0.391. The van der Waals surface area contributed by atoms with Gasteiger partial charge in [-0.2, -0.15) is 0 Å². The number of hydrogen-bond donors (Lipinski definition) is 1. The molecule has 0 atom stereocenters. The third kappa shape index (κ3) is 3.81. The number of aryl methyl sites for hydroxylation is 1. The number of carbonyl (C=O) groups is 1. The highest BCUT2D eigenvalue weighted by atomic mass is 16.5. The van der Waals surface area contributed by atoms with E-state index in [-0.39, 0.29) is 5.91 Å². The number of rotatable bonds is 4. The van der Waals surface area contributed by atoms with E-state index in [1.165, 1.54) is 5.56 Å². The first-order valence-corrected chi connectivity index (χ1v) is 9.98. The molecule has 3 aromatic carbocycles. The summed E-state index contributed by atoms with van der Waals surface area (Å²) in [5.74, 6) is 0.0186. The first-order valence-electron chi connectivity index (χ1n) is 9.98. The molecule has 0 unspecified atom stereocenters. The van der Waals surface area contributed by atoms with E-state index in [9.17, 15) is 4.79 Å². The SMILES string of the molecule is Cc1ccc(-c2cc(NC(=O)c3cc(-c4ccccc4)nc4ccccc34)on2)cc1. The van der Waals surface area contributed by atoms with Crippen LogP contribution in [0.1, 0.15) is 15.9 Å². The van der Waals surface area contributed by atoms with Crippen LogP contribution >= 0.6 is 0 Å². The highest BCUT2D eigenvalue weighted by Gasteiger charge is 2.16. The van der Waals surface area contributed by atoms with Crippen molar-refractivity contribution in [2.45, 2.75) is 6.92 Å². The van der Waals surface area contributed by atoms with Crippen molar-refractivity contribution < 1.29 is 9.32 Å². The lowest BCUT2D eigenvalue weighted by Crippen LogP contribution is -2.12. The molecule has 1 N–H and O–H groups in total. The Hall–Kier alpha value is -4.25. The molecule has 2 aromatic heterocycles. The summed E-state index contributed by atoms with van der Waals surface area (Å²) in [4.78, 5) is 17.9. The van der Waals surface area contributed by atoms with Crippen LogP contribution in [0.2, 0.25) is 0 Å². The number of amides is 1. The number of fused-ring (bicyclic) bond motifs is 1. The molecule has 0 spiro atoms. The van der Waals surface area contributed by atoms with Crippen LogP contribution in [0, 0.1) is 6.92 Å². The molecule has 31 heavy (non-hydrogen) atoms. The molecular weight excluding hydrogens is 386 g/mol. The van der Waals surface area contributed by atoms with Gasteiger partial charge in [0, 0.05) is 22.6 Å². The van der Waals surface area contributed by atoms with Crippen LogP contribution in [0.4, 0.5) is 5.88 Å². The Kier molecular flexibility index (Phi) is 4.77. The summed E-state index contributed by atoms with van der Waals surface area (Å²) in [5.41, 5.74) is 5.73. The van der Waals surface area contributed by atoms with E-state index >= 15 is 0 Å². The van der Waals surface area contributed by atoms with Crippen LogP contribution in [-0.4, -0.2) is 16.0 Å². The van der Waals surface area contributed by atoms with Gasteiger partial charge in [-0.1, -0.05) is 83.5 Å². The standard InChI is InChI=1S/C26H19N3O2/c1-17-11-13-19(14-12-17)24-16-25(31-29-24)28-26(30)21-15-23(18-7-3-2-4-8-18)27-22-10-6-5-9-20(21)22/h2-16H,1H3,(H,28,30). The van der Waals surface area contributed by atoms with Gasteiger partial charge in [0.1, 0.15) is 5.69 Å². The van der Waals surface area contributed by atoms with E-state index in [2.05, 4.69) is 10.5 Å². The summed E-state index contributed by atoms with van der Waals surface area (Å²) >= 11 is 0. The number of nitrogens with one attached hydrogen (secondary N) is 1. The number of nitrogens with zero attached hydrogens (tertiary/aromatic N) is 2. The zero-order valence-electron chi connectivity index (χ0n) is 16.9. The third-order valence-corrected chi connectivity index (χ3v) is 5.12. The van der Waals surface area contributed by atoms with Gasteiger partial charge in [0.05, 0.1) is 16.8 Å². The molecule has 0 aliphatic rings. The van der Waals surface area contributed by atoms with Crippen LogP contribution in [0.25, 0.3) is 33.4 Å². The van der Waals surface area contributed by atoms with Gasteiger partial charge in [-0.3, -0.25) is 10.1 Å². The Bertz CT molecular complexity index is 1370. The lowest BCUT2D eigenvalue weighted by molar-refractivity contribution is 0.102. The van der Waals surface area contributed by atoms with Crippen LogP contribution in [-0.2, 0) is 0 Å². The van der Waals surface area contributed by atoms with E-state index in [1.807, 2.05) is 91.9 Å². The molecular formula is C26H19N3O2. The zero-order chi connectivity index (χ0) is 21.2. The second kappa shape index (κ2) is 7.88. The first-order chi connectivity index (χ1) is 15.2. The molecule has 5 heteroatoms. The summed E-state index contributed by atoms with van der Waals surface area (Å²) in [5, 5.41) is 7.70. The normalized spacial score (nSPS) is 10.9. The molecule has 0 bridgehead atoms. The van der Waals surface area contributed by atoms with Crippen LogP contribution in [0.5, 0.6) is 0 Å². The molecule has 0 aliphatic carbocycles. The van der Waals surface area contributed by atoms with Crippen molar-refractivity contribution in [3.05, 3.63) is 102 Å². The molecule has 0 fully saturated rings. The number of benzene rings is 3. The highest BCUT2D eigenvalue weighted by Crippen LogP contribution is 2.27. The van der Waals surface area contributed by atoms with Crippen LogP contribution in [0.15, 0.2) is 95.5 Å². The summed E-state index contributed by atoms with van der Waals surface area (Å²) < 4.78 is 5.37. The number of carbonyl (C=O) groups excluding carboxylic acids is 1. The lowest BCUT2D eigenvalue weighted by atomic mass is 10.0. The predicted molar refractivity (Wildman–Crippen MR) is 122 cm³/mol. The fourth-order valence-electron chi connectivity index (χ4n) is 3.49.